The van der Waals surface area contributed by atoms with Crippen LogP contribution < -0.4 is 20.1 Å². The highest BCUT2D eigenvalue weighted by atomic mass is 16.5. The maximum atomic E-state index is 5.82. The minimum absolute atomic E-state index is 0.532. The van der Waals surface area contributed by atoms with Crippen molar-refractivity contribution in [3.05, 3.63) is 36.2 Å². The van der Waals surface area contributed by atoms with E-state index in [9.17, 15) is 0 Å². The highest BCUT2D eigenvalue weighted by Gasteiger charge is 2.15. The van der Waals surface area contributed by atoms with Crippen molar-refractivity contribution in [1.29, 1.82) is 0 Å². The van der Waals surface area contributed by atoms with Crippen molar-refractivity contribution < 1.29 is 9.47 Å². The molecule has 2 aromatic rings. The van der Waals surface area contributed by atoms with Crippen LogP contribution in [0.15, 0.2) is 35.5 Å². The summed E-state index contributed by atoms with van der Waals surface area (Å²) in [5, 5.41) is 13.9. The Hall–Kier alpha value is -2.74. The van der Waals surface area contributed by atoms with Gasteiger partial charge >= 0.3 is 0 Å². The van der Waals surface area contributed by atoms with Crippen molar-refractivity contribution in [2.45, 2.75) is 39.2 Å². The zero-order chi connectivity index (χ0) is 21.3. The summed E-state index contributed by atoms with van der Waals surface area (Å²) in [6.07, 6.45) is 6.35. The van der Waals surface area contributed by atoms with Gasteiger partial charge in [-0.15, -0.1) is 0 Å². The summed E-state index contributed by atoms with van der Waals surface area (Å²) in [6.45, 7) is 8.67. The molecule has 168 valence electrons. The number of aromatic nitrogens is 2. The number of rotatable bonds is 7. The lowest BCUT2D eigenvalue weighted by Gasteiger charge is -2.30. The monoisotopic (exact) mass is 426 g/mol. The van der Waals surface area contributed by atoms with Crippen molar-refractivity contribution in [2.75, 3.05) is 44.7 Å². The third-order valence-corrected chi connectivity index (χ3v) is 5.80. The highest BCUT2D eigenvalue weighted by molar-refractivity contribution is 5.93. The number of H-pyrrole nitrogens is 1. The molecule has 0 spiro atoms. The number of anilines is 1. The number of fused-ring (bicyclic) bond motifs is 1. The van der Waals surface area contributed by atoms with Crippen LogP contribution in [-0.2, 0) is 6.54 Å². The Balaban J connectivity index is 1.34. The van der Waals surface area contributed by atoms with E-state index in [-0.39, 0.29) is 0 Å². The predicted molar refractivity (Wildman–Crippen MR) is 123 cm³/mol. The molecule has 1 saturated heterocycles. The number of likely N-dealkylation sites (tertiary alicyclic amines) is 1. The summed E-state index contributed by atoms with van der Waals surface area (Å²) in [4.78, 5) is 7.29. The van der Waals surface area contributed by atoms with Crippen LogP contribution in [0.5, 0.6) is 11.5 Å². The summed E-state index contributed by atoms with van der Waals surface area (Å²) >= 11 is 0. The molecule has 3 N–H and O–H groups in total. The van der Waals surface area contributed by atoms with E-state index in [0.29, 0.717) is 19.8 Å². The molecule has 1 aromatic heterocycles. The molecule has 0 amide bonds. The Bertz CT molecular complexity index is 831. The molecule has 2 aliphatic heterocycles. The topological polar surface area (TPSA) is 86.8 Å². The second-order valence-corrected chi connectivity index (χ2v) is 8.39. The van der Waals surface area contributed by atoms with Crippen LogP contribution in [0.3, 0.4) is 0 Å². The molecular weight excluding hydrogens is 392 g/mol. The number of aromatic amines is 1. The molecule has 31 heavy (non-hydrogen) atoms. The fourth-order valence-electron chi connectivity index (χ4n) is 3.85. The molecule has 1 fully saturated rings. The quantitative estimate of drug-likeness (QED) is 0.358. The number of hydrogen-bond acceptors (Lipinski definition) is 5. The molecule has 0 radical (unpaired) electrons. The maximum absolute atomic E-state index is 5.82. The van der Waals surface area contributed by atoms with Gasteiger partial charge in [0.1, 0.15) is 0 Å². The lowest BCUT2D eigenvalue weighted by atomic mass is 9.99. The molecule has 2 aliphatic rings. The number of hydrogen-bond donors (Lipinski definition) is 3. The van der Waals surface area contributed by atoms with E-state index in [1.54, 1.807) is 6.20 Å². The molecule has 8 heteroatoms. The largest absolute Gasteiger partial charge is 0.490 e. The van der Waals surface area contributed by atoms with Gasteiger partial charge in [-0.25, -0.2) is 4.99 Å². The molecule has 8 nitrogen and oxygen atoms in total. The molecule has 0 saturated carbocycles. The maximum Gasteiger partial charge on any atom is 0.196 e. The zero-order valence-electron chi connectivity index (χ0n) is 18.4. The van der Waals surface area contributed by atoms with Crippen LogP contribution in [0.2, 0.25) is 0 Å². The Morgan fingerprint density at radius 2 is 2.03 bits per heavy atom. The Kier molecular flexibility index (Phi) is 7.65. The average molecular weight is 427 g/mol. The average Bonchev–Trinajstić information content (AvgIpc) is 3.20. The lowest BCUT2D eigenvalue weighted by Crippen LogP contribution is -2.36. The van der Waals surface area contributed by atoms with Gasteiger partial charge in [0.25, 0.3) is 0 Å². The fraction of sp³-hybridized carbons (Fsp3) is 0.565. The number of nitrogens with zero attached hydrogens (tertiary/aromatic N) is 3. The summed E-state index contributed by atoms with van der Waals surface area (Å²) in [5.74, 6) is 3.18. The normalized spacial score (nSPS) is 17.9. The minimum atomic E-state index is 0.532. The Labute approximate surface area is 184 Å². The van der Waals surface area contributed by atoms with Crippen LogP contribution >= 0.6 is 0 Å². The van der Waals surface area contributed by atoms with Gasteiger partial charge < -0.3 is 25.0 Å². The Morgan fingerprint density at radius 1 is 1.19 bits per heavy atom. The molecule has 4 rings (SSSR count). The summed E-state index contributed by atoms with van der Waals surface area (Å²) < 4.78 is 11.6. The van der Waals surface area contributed by atoms with Crippen LogP contribution in [-0.4, -0.2) is 60.4 Å². The van der Waals surface area contributed by atoms with Gasteiger partial charge in [0.05, 0.1) is 25.5 Å². The molecular formula is C23H34N6O2. The number of benzene rings is 1. The van der Waals surface area contributed by atoms with E-state index in [0.717, 1.165) is 60.7 Å². The number of ether oxygens (including phenoxy) is 2. The summed E-state index contributed by atoms with van der Waals surface area (Å²) in [7, 11) is 0. The van der Waals surface area contributed by atoms with Crippen LogP contribution in [0, 0.1) is 5.92 Å². The van der Waals surface area contributed by atoms with Crippen molar-refractivity contribution in [2.24, 2.45) is 10.9 Å². The molecule has 3 heterocycles. The van der Waals surface area contributed by atoms with Crippen molar-refractivity contribution in [3.63, 3.8) is 0 Å². The van der Waals surface area contributed by atoms with E-state index in [1.165, 1.54) is 25.9 Å². The Morgan fingerprint density at radius 3 is 2.84 bits per heavy atom. The van der Waals surface area contributed by atoms with E-state index in [1.807, 2.05) is 24.3 Å². The summed E-state index contributed by atoms with van der Waals surface area (Å²) in [5.41, 5.74) is 1.90. The van der Waals surface area contributed by atoms with Crippen LogP contribution in [0.25, 0.3) is 0 Å². The molecule has 1 aromatic carbocycles. The first-order valence-electron chi connectivity index (χ1n) is 11.4. The van der Waals surface area contributed by atoms with Crippen LogP contribution in [0.4, 0.5) is 5.69 Å². The lowest BCUT2D eigenvalue weighted by molar-refractivity contribution is 0.191. The van der Waals surface area contributed by atoms with Gasteiger partial charge in [-0.1, -0.05) is 6.92 Å². The molecule has 0 aliphatic carbocycles. The zero-order valence-corrected chi connectivity index (χ0v) is 18.4. The molecule has 0 bridgehead atoms. The van der Waals surface area contributed by atoms with Gasteiger partial charge in [-0.2, -0.15) is 5.10 Å². The third-order valence-electron chi connectivity index (χ3n) is 5.80. The standard InChI is InChI=1S/C23H34N6O2/c1-18-7-12-29(13-8-18)11-2-9-24-23(25-17-20-6-10-26-28-20)27-19-4-5-21-22(16-19)31-15-3-14-30-21/h4-6,10,16,18H,2-3,7-9,11-15,17H2,1H3,(H,26,28)(H2,24,25,27). The first-order chi connectivity index (χ1) is 15.3. The van der Waals surface area contributed by atoms with Gasteiger partial charge in [0.15, 0.2) is 17.5 Å². The SMILES string of the molecule is CC1CCN(CCCNC(=NCc2ccn[nH]2)Nc2ccc3c(c2)OCCCO3)CC1. The predicted octanol–water partition coefficient (Wildman–Crippen LogP) is 3.25. The number of piperidine rings is 1. The van der Waals surface area contributed by atoms with Gasteiger partial charge in [0.2, 0.25) is 0 Å². The second-order valence-electron chi connectivity index (χ2n) is 8.39. The van der Waals surface area contributed by atoms with Gasteiger partial charge in [-0.05, 0) is 63.0 Å². The van der Waals surface area contributed by atoms with Crippen molar-refractivity contribution in [3.8, 4) is 11.5 Å². The minimum Gasteiger partial charge on any atom is -0.490 e. The first kappa shape index (κ1) is 21.5. The van der Waals surface area contributed by atoms with Crippen molar-refractivity contribution in [1.82, 2.24) is 20.4 Å². The molecule has 0 atom stereocenters. The fourth-order valence-corrected chi connectivity index (χ4v) is 3.85. The van der Waals surface area contributed by atoms with Gasteiger partial charge in [-0.3, -0.25) is 5.10 Å². The molecule has 0 unspecified atom stereocenters. The first-order valence-corrected chi connectivity index (χ1v) is 11.4. The van der Waals surface area contributed by atoms with Gasteiger partial charge in [0, 0.05) is 30.9 Å². The van der Waals surface area contributed by atoms with E-state index in [4.69, 9.17) is 14.5 Å². The second kappa shape index (κ2) is 11.0. The number of guanidine groups is 1. The smallest absolute Gasteiger partial charge is 0.196 e. The number of aliphatic imine (C=N–C) groups is 1. The summed E-state index contributed by atoms with van der Waals surface area (Å²) in [6, 6.07) is 7.86. The van der Waals surface area contributed by atoms with E-state index in [2.05, 4.69) is 32.7 Å². The number of nitrogens with one attached hydrogen (secondary N) is 3. The van der Waals surface area contributed by atoms with Crippen LogP contribution in [0.1, 0.15) is 38.3 Å². The highest BCUT2D eigenvalue weighted by Crippen LogP contribution is 2.32. The van der Waals surface area contributed by atoms with Crippen molar-refractivity contribution >= 4 is 11.6 Å². The van der Waals surface area contributed by atoms with E-state index < -0.39 is 0 Å². The third kappa shape index (κ3) is 6.62. The van der Waals surface area contributed by atoms with E-state index >= 15 is 0 Å².